The van der Waals surface area contributed by atoms with E-state index in [4.69, 9.17) is 4.74 Å². The topological polar surface area (TPSA) is 12.5 Å². The number of piperidine rings is 1. The van der Waals surface area contributed by atoms with Crippen LogP contribution in [0.2, 0.25) is 0 Å². The van der Waals surface area contributed by atoms with Crippen molar-refractivity contribution < 1.29 is 4.74 Å². The first-order valence-corrected chi connectivity index (χ1v) is 8.72. The molecule has 1 fully saturated rings. The molecular weight excluding hydrogens is 361 g/mol. The number of methoxy groups -OCH3 is 1. The zero-order chi connectivity index (χ0) is 13.9. The molecule has 0 bridgehead atoms. The van der Waals surface area contributed by atoms with Gasteiger partial charge in [0.2, 0.25) is 0 Å². The van der Waals surface area contributed by atoms with Gasteiger partial charge in [0, 0.05) is 12.6 Å². The molecule has 1 aromatic carbocycles. The van der Waals surface area contributed by atoms with Crippen molar-refractivity contribution in [1.82, 2.24) is 4.90 Å². The number of benzene rings is 1. The molecule has 1 aliphatic carbocycles. The lowest BCUT2D eigenvalue weighted by Gasteiger charge is -2.44. The van der Waals surface area contributed by atoms with E-state index in [-0.39, 0.29) is 0 Å². The quantitative estimate of drug-likeness (QED) is 0.736. The lowest BCUT2D eigenvalue weighted by Crippen LogP contribution is -2.49. The van der Waals surface area contributed by atoms with Gasteiger partial charge < -0.3 is 4.74 Å². The van der Waals surface area contributed by atoms with Crippen LogP contribution in [0.25, 0.3) is 0 Å². The van der Waals surface area contributed by atoms with Gasteiger partial charge in [-0.25, -0.2) is 0 Å². The van der Waals surface area contributed by atoms with Gasteiger partial charge in [0.15, 0.2) is 0 Å². The van der Waals surface area contributed by atoms with Gasteiger partial charge in [-0.05, 0) is 59.4 Å². The lowest BCUT2D eigenvalue weighted by molar-refractivity contribution is 0.0966. The maximum atomic E-state index is 5.56. The van der Waals surface area contributed by atoms with E-state index in [0.717, 1.165) is 24.3 Å². The summed E-state index contributed by atoms with van der Waals surface area (Å²) in [5, 5.41) is 0. The van der Waals surface area contributed by atoms with E-state index in [9.17, 15) is 0 Å². The van der Waals surface area contributed by atoms with Crippen molar-refractivity contribution in [3.05, 3.63) is 39.5 Å². The van der Waals surface area contributed by atoms with Crippen LogP contribution in [0.5, 0.6) is 5.75 Å². The van der Waals surface area contributed by atoms with Crippen LogP contribution in [0.15, 0.2) is 28.4 Å². The number of ether oxygens (including phenoxy) is 1. The van der Waals surface area contributed by atoms with Crippen molar-refractivity contribution in [2.75, 3.05) is 20.2 Å². The average molecular weight is 383 g/mol. The highest BCUT2D eigenvalue weighted by Gasteiger charge is 2.35. The predicted octanol–water partition coefficient (Wildman–Crippen LogP) is 3.82. The largest absolute Gasteiger partial charge is 0.496 e. The molecule has 0 spiro atoms. The first kappa shape index (κ1) is 14.4. The maximum absolute atomic E-state index is 5.56. The predicted molar refractivity (Wildman–Crippen MR) is 91.6 cm³/mol. The van der Waals surface area contributed by atoms with Crippen LogP contribution in [0.1, 0.15) is 24.0 Å². The van der Waals surface area contributed by atoms with Gasteiger partial charge in [-0.15, -0.1) is 0 Å². The smallest absolute Gasteiger partial charge is 0.122 e. The number of halogens is 1. The monoisotopic (exact) mass is 383 g/mol. The Kier molecular flexibility index (Phi) is 4.66. The first-order chi connectivity index (χ1) is 9.83. The summed E-state index contributed by atoms with van der Waals surface area (Å²) in [5.74, 6) is 1.89. The summed E-state index contributed by atoms with van der Waals surface area (Å²) in [7, 11) is 1.79. The molecule has 2 nitrogen and oxygen atoms in total. The van der Waals surface area contributed by atoms with Crippen molar-refractivity contribution >= 4 is 22.6 Å². The Morgan fingerprint density at radius 3 is 3.10 bits per heavy atom. The summed E-state index contributed by atoms with van der Waals surface area (Å²) in [6, 6.07) is 7.25. The molecule has 1 aliphatic heterocycles. The average Bonchev–Trinajstić information content (AvgIpc) is 2.50. The number of hydrogen-bond donors (Lipinski definition) is 0. The van der Waals surface area contributed by atoms with Crippen molar-refractivity contribution in [3.63, 3.8) is 0 Å². The van der Waals surface area contributed by atoms with E-state index in [1.165, 1.54) is 43.4 Å². The Morgan fingerprint density at radius 2 is 2.30 bits per heavy atom. The molecule has 3 rings (SSSR count). The van der Waals surface area contributed by atoms with Gasteiger partial charge in [-0.3, -0.25) is 4.90 Å². The van der Waals surface area contributed by atoms with Crippen molar-refractivity contribution in [2.45, 2.75) is 31.7 Å². The van der Waals surface area contributed by atoms with Crippen molar-refractivity contribution in [3.8, 4) is 5.75 Å². The normalized spacial score (nSPS) is 26.3. The molecule has 0 saturated carbocycles. The fourth-order valence-electron chi connectivity index (χ4n) is 3.86. The van der Waals surface area contributed by atoms with Crippen LogP contribution in [0.3, 0.4) is 0 Å². The highest BCUT2D eigenvalue weighted by atomic mass is 127. The van der Waals surface area contributed by atoms with Crippen LogP contribution in [0, 0.1) is 5.92 Å². The fourth-order valence-corrected chi connectivity index (χ4v) is 4.09. The summed E-state index contributed by atoms with van der Waals surface area (Å²) in [4.78, 5) is 2.67. The Morgan fingerprint density at radius 1 is 1.40 bits per heavy atom. The molecule has 2 atom stereocenters. The zero-order valence-electron chi connectivity index (χ0n) is 12.0. The molecule has 2 aliphatic rings. The van der Waals surface area contributed by atoms with Gasteiger partial charge in [0.05, 0.1) is 7.11 Å². The standard InChI is InChI=1S/C17H22INO/c1-20-17-7-2-5-13-12-16-14(11-15(13)17)6-3-9-19(16)10-4-8-18/h2,4-5,7-8,14,16H,3,6,9-12H2,1H3/b8-4+. The molecule has 0 radical (unpaired) electrons. The summed E-state index contributed by atoms with van der Waals surface area (Å²) in [6.07, 6.45) is 7.36. The summed E-state index contributed by atoms with van der Waals surface area (Å²) >= 11 is 2.32. The first-order valence-electron chi connectivity index (χ1n) is 7.47. The van der Waals surface area contributed by atoms with Crippen LogP contribution in [0.4, 0.5) is 0 Å². The zero-order valence-corrected chi connectivity index (χ0v) is 14.2. The number of rotatable bonds is 3. The van der Waals surface area contributed by atoms with Gasteiger partial charge in [-0.2, -0.15) is 0 Å². The van der Waals surface area contributed by atoms with Gasteiger partial charge in [0.25, 0.3) is 0 Å². The lowest BCUT2D eigenvalue weighted by atomic mass is 9.75. The van der Waals surface area contributed by atoms with Crippen LogP contribution < -0.4 is 4.74 Å². The molecule has 1 aromatic rings. The minimum atomic E-state index is 0.718. The molecule has 0 N–H and O–H groups in total. The van der Waals surface area contributed by atoms with Crippen LogP contribution in [-0.2, 0) is 12.8 Å². The van der Waals surface area contributed by atoms with Gasteiger partial charge >= 0.3 is 0 Å². The second-order valence-corrected chi connectivity index (χ2v) is 6.55. The third-order valence-electron chi connectivity index (χ3n) is 4.81. The number of fused-ring (bicyclic) bond motifs is 2. The number of hydrogen-bond acceptors (Lipinski definition) is 2. The molecule has 1 heterocycles. The molecule has 1 saturated heterocycles. The highest BCUT2D eigenvalue weighted by Crippen LogP contribution is 2.38. The minimum absolute atomic E-state index is 0.718. The molecule has 0 amide bonds. The van der Waals surface area contributed by atoms with Crippen LogP contribution in [-0.4, -0.2) is 31.1 Å². The summed E-state index contributed by atoms with van der Waals surface area (Å²) in [6.45, 7) is 2.35. The third kappa shape index (κ3) is 2.75. The highest BCUT2D eigenvalue weighted by molar-refractivity contribution is 14.1. The molecule has 20 heavy (non-hydrogen) atoms. The van der Waals surface area contributed by atoms with E-state index in [1.54, 1.807) is 7.11 Å². The van der Waals surface area contributed by atoms with E-state index in [1.807, 2.05) is 0 Å². The van der Waals surface area contributed by atoms with E-state index in [2.05, 4.69) is 55.8 Å². The number of likely N-dealkylation sites (tertiary alicyclic amines) is 1. The van der Waals surface area contributed by atoms with Gasteiger partial charge in [-0.1, -0.05) is 40.8 Å². The number of nitrogens with zero attached hydrogens (tertiary/aromatic N) is 1. The second-order valence-electron chi connectivity index (χ2n) is 5.83. The fraction of sp³-hybridized carbons (Fsp3) is 0.529. The second kappa shape index (κ2) is 6.48. The molecular formula is C17H22INO. The Balaban J connectivity index is 1.86. The van der Waals surface area contributed by atoms with Crippen molar-refractivity contribution in [2.24, 2.45) is 5.92 Å². The van der Waals surface area contributed by atoms with E-state index >= 15 is 0 Å². The van der Waals surface area contributed by atoms with E-state index < -0.39 is 0 Å². The van der Waals surface area contributed by atoms with Crippen LogP contribution >= 0.6 is 22.6 Å². The Hall–Kier alpha value is -0.550. The van der Waals surface area contributed by atoms with Crippen molar-refractivity contribution in [1.29, 1.82) is 0 Å². The SMILES string of the molecule is COc1cccc2c1CC1CCCN(C/C=C/I)C1C2. The third-order valence-corrected chi connectivity index (χ3v) is 5.32. The van der Waals surface area contributed by atoms with E-state index in [0.29, 0.717) is 0 Å². The Bertz CT molecular complexity index is 500. The summed E-state index contributed by atoms with van der Waals surface area (Å²) in [5.41, 5.74) is 2.96. The molecule has 3 heteroatoms. The molecule has 108 valence electrons. The van der Waals surface area contributed by atoms with Gasteiger partial charge in [0.1, 0.15) is 5.75 Å². The Labute approximate surface area is 135 Å². The minimum Gasteiger partial charge on any atom is -0.496 e. The summed E-state index contributed by atoms with van der Waals surface area (Å²) < 4.78 is 7.70. The molecule has 2 unspecified atom stereocenters. The maximum Gasteiger partial charge on any atom is 0.122 e. The molecule has 0 aromatic heterocycles.